The molecule has 0 aliphatic heterocycles. The smallest absolute Gasteiger partial charge is 0.255 e. The first-order chi connectivity index (χ1) is 9.24. The zero-order valence-corrected chi connectivity index (χ0v) is 10.5. The minimum atomic E-state index is -0.150. The Labute approximate surface area is 111 Å². The number of pyridine rings is 1. The number of nitrogen functional groups attached to an aromatic ring is 1. The molecule has 1 heterocycles. The van der Waals surface area contributed by atoms with Crippen molar-refractivity contribution in [1.29, 1.82) is 0 Å². The van der Waals surface area contributed by atoms with Gasteiger partial charge < -0.3 is 11.1 Å². The Balaban J connectivity index is 1.71. The van der Waals surface area contributed by atoms with E-state index in [0.29, 0.717) is 5.56 Å². The van der Waals surface area contributed by atoms with Crippen LogP contribution >= 0.6 is 0 Å². The molecular weight excluding hydrogens is 238 g/mol. The van der Waals surface area contributed by atoms with Crippen molar-refractivity contribution in [3.63, 3.8) is 0 Å². The quantitative estimate of drug-likeness (QED) is 0.853. The summed E-state index contributed by atoms with van der Waals surface area (Å²) in [5, 5.41) is 3.02. The van der Waals surface area contributed by atoms with Crippen LogP contribution < -0.4 is 11.1 Å². The maximum Gasteiger partial charge on any atom is 0.255 e. The summed E-state index contributed by atoms with van der Waals surface area (Å²) in [5.74, 6) is 0.124. The van der Waals surface area contributed by atoms with Crippen molar-refractivity contribution in [3.05, 3.63) is 59.3 Å². The lowest BCUT2D eigenvalue weighted by molar-refractivity contribution is 0.0939. The molecule has 0 saturated heterocycles. The lowest BCUT2D eigenvalue weighted by atomic mass is 10.1. The molecule has 0 spiro atoms. The van der Waals surface area contributed by atoms with E-state index in [-0.39, 0.29) is 17.8 Å². The molecule has 0 unspecified atom stereocenters. The SMILES string of the molecule is Nc1ncccc1C(=O)NC1Cc2ccccc2C1. The van der Waals surface area contributed by atoms with Crippen LogP contribution in [0.25, 0.3) is 0 Å². The van der Waals surface area contributed by atoms with Gasteiger partial charge in [0.2, 0.25) is 0 Å². The van der Waals surface area contributed by atoms with E-state index in [4.69, 9.17) is 5.73 Å². The minimum absolute atomic E-state index is 0.143. The fourth-order valence-corrected chi connectivity index (χ4v) is 2.53. The average Bonchev–Trinajstić information content (AvgIpc) is 2.81. The highest BCUT2D eigenvalue weighted by molar-refractivity contribution is 5.98. The van der Waals surface area contributed by atoms with Crippen LogP contribution in [0.2, 0.25) is 0 Å². The molecule has 1 aromatic heterocycles. The molecule has 1 aromatic carbocycles. The molecule has 2 aromatic rings. The molecule has 0 bridgehead atoms. The number of nitrogens with zero attached hydrogens (tertiary/aromatic N) is 1. The number of amides is 1. The molecule has 0 saturated carbocycles. The van der Waals surface area contributed by atoms with Gasteiger partial charge in [0.25, 0.3) is 5.91 Å². The molecule has 1 aliphatic rings. The van der Waals surface area contributed by atoms with Crippen LogP contribution in [0.3, 0.4) is 0 Å². The standard InChI is InChI=1S/C15H15N3O/c16-14-13(6-3-7-17-14)15(19)18-12-8-10-4-1-2-5-11(10)9-12/h1-7,12H,8-9H2,(H2,16,17)(H,18,19). The Hall–Kier alpha value is -2.36. The van der Waals surface area contributed by atoms with Gasteiger partial charge in [0.1, 0.15) is 5.82 Å². The largest absolute Gasteiger partial charge is 0.383 e. The van der Waals surface area contributed by atoms with Gasteiger partial charge in [0, 0.05) is 12.2 Å². The molecule has 3 N–H and O–H groups in total. The van der Waals surface area contributed by atoms with E-state index in [1.165, 1.54) is 11.1 Å². The highest BCUT2D eigenvalue weighted by Crippen LogP contribution is 2.22. The van der Waals surface area contributed by atoms with E-state index < -0.39 is 0 Å². The highest BCUT2D eigenvalue weighted by atomic mass is 16.1. The van der Waals surface area contributed by atoms with Gasteiger partial charge in [-0.05, 0) is 36.1 Å². The van der Waals surface area contributed by atoms with Crippen molar-refractivity contribution in [1.82, 2.24) is 10.3 Å². The van der Waals surface area contributed by atoms with Gasteiger partial charge in [0.05, 0.1) is 5.56 Å². The lowest BCUT2D eigenvalue weighted by Gasteiger charge is -2.12. The van der Waals surface area contributed by atoms with Gasteiger partial charge in [-0.2, -0.15) is 0 Å². The summed E-state index contributed by atoms with van der Waals surface area (Å²) in [4.78, 5) is 16.1. The number of fused-ring (bicyclic) bond motifs is 1. The number of anilines is 1. The topological polar surface area (TPSA) is 68.0 Å². The summed E-state index contributed by atoms with van der Waals surface area (Å²) in [5.41, 5.74) is 8.77. The maximum atomic E-state index is 12.1. The predicted molar refractivity (Wildman–Crippen MR) is 73.8 cm³/mol. The molecular formula is C15H15N3O. The maximum absolute atomic E-state index is 12.1. The fraction of sp³-hybridized carbons (Fsp3) is 0.200. The number of hydrogen-bond donors (Lipinski definition) is 2. The van der Waals surface area contributed by atoms with Gasteiger partial charge in [-0.25, -0.2) is 4.98 Å². The summed E-state index contributed by atoms with van der Waals surface area (Å²) in [6.07, 6.45) is 3.34. The average molecular weight is 253 g/mol. The molecule has 3 rings (SSSR count). The second kappa shape index (κ2) is 4.72. The van der Waals surface area contributed by atoms with Crippen molar-refractivity contribution < 1.29 is 4.79 Å². The van der Waals surface area contributed by atoms with E-state index in [2.05, 4.69) is 22.4 Å². The highest BCUT2D eigenvalue weighted by Gasteiger charge is 2.23. The number of rotatable bonds is 2. The van der Waals surface area contributed by atoms with E-state index in [0.717, 1.165) is 12.8 Å². The zero-order chi connectivity index (χ0) is 13.2. The molecule has 19 heavy (non-hydrogen) atoms. The van der Waals surface area contributed by atoms with E-state index >= 15 is 0 Å². The second-order valence-corrected chi connectivity index (χ2v) is 4.78. The molecule has 0 fully saturated rings. The van der Waals surface area contributed by atoms with Crippen LogP contribution in [-0.4, -0.2) is 16.9 Å². The second-order valence-electron chi connectivity index (χ2n) is 4.78. The number of benzene rings is 1. The minimum Gasteiger partial charge on any atom is -0.383 e. The molecule has 96 valence electrons. The normalized spacial score (nSPS) is 14.1. The van der Waals surface area contributed by atoms with Gasteiger partial charge in [-0.1, -0.05) is 24.3 Å². The number of nitrogens with two attached hydrogens (primary N) is 1. The lowest BCUT2D eigenvalue weighted by Crippen LogP contribution is -2.35. The van der Waals surface area contributed by atoms with Crippen molar-refractivity contribution in [3.8, 4) is 0 Å². The first-order valence-electron chi connectivity index (χ1n) is 6.32. The summed E-state index contributed by atoms with van der Waals surface area (Å²) < 4.78 is 0. The van der Waals surface area contributed by atoms with Gasteiger partial charge >= 0.3 is 0 Å². The molecule has 0 atom stereocenters. The summed E-state index contributed by atoms with van der Waals surface area (Å²) in [6.45, 7) is 0. The Morgan fingerprint density at radius 2 is 1.84 bits per heavy atom. The summed E-state index contributed by atoms with van der Waals surface area (Å²) in [6, 6.07) is 11.8. The zero-order valence-electron chi connectivity index (χ0n) is 10.5. The molecule has 0 radical (unpaired) electrons. The Morgan fingerprint density at radius 3 is 2.47 bits per heavy atom. The Kier molecular flexibility index (Phi) is 2.91. The number of nitrogens with one attached hydrogen (secondary N) is 1. The van der Waals surface area contributed by atoms with E-state index in [1.807, 2.05) is 12.1 Å². The Morgan fingerprint density at radius 1 is 1.16 bits per heavy atom. The summed E-state index contributed by atoms with van der Waals surface area (Å²) in [7, 11) is 0. The van der Waals surface area contributed by atoms with Gasteiger partial charge in [-0.15, -0.1) is 0 Å². The van der Waals surface area contributed by atoms with Crippen LogP contribution in [0.15, 0.2) is 42.6 Å². The molecule has 4 nitrogen and oxygen atoms in total. The van der Waals surface area contributed by atoms with Crippen molar-refractivity contribution >= 4 is 11.7 Å². The van der Waals surface area contributed by atoms with Crippen LogP contribution in [-0.2, 0) is 12.8 Å². The van der Waals surface area contributed by atoms with Crippen LogP contribution in [0.4, 0.5) is 5.82 Å². The third-order valence-corrected chi connectivity index (χ3v) is 3.47. The third-order valence-electron chi connectivity index (χ3n) is 3.47. The van der Waals surface area contributed by atoms with Gasteiger partial charge in [0.15, 0.2) is 0 Å². The van der Waals surface area contributed by atoms with Crippen LogP contribution in [0.1, 0.15) is 21.5 Å². The number of carbonyl (C=O) groups excluding carboxylic acids is 1. The number of hydrogen-bond acceptors (Lipinski definition) is 3. The predicted octanol–water partition coefficient (Wildman–Crippen LogP) is 1.56. The van der Waals surface area contributed by atoms with Crippen molar-refractivity contribution in [2.45, 2.75) is 18.9 Å². The van der Waals surface area contributed by atoms with Gasteiger partial charge in [-0.3, -0.25) is 4.79 Å². The third kappa shape index (κ3) is 2.29. The first kappa shape index (κ1) is 11.7. The Bertz CT molecular complexity index is 599. The van der Waals surface area contributed by atoms with Crippen molar-refractivity contribution in [2.24, 2.45) is 0 Å². The van der Waals surface area contributed by atoms with Crippen molar-refractivity contribution in [2.75, 3.05) is 5.73 Å². The molecule has 1 aliphatic carbocycles. The van der Waals surface area contributed by atoms with Crippen LogP contribution in [0.5, 0.6) is 0 Å². The molecule has 4 heteroatoms. The van der Waals surface area contributed by atoms with E-state index in [1.54, 1.807) is 18.3 Å². The number of aromatic nitrogens is 1. The van der Waals surface area contributed by atoms with E-state index in [9.17, 15) is 4.79 Å². The molecule has 1 amide bonds. The summed E-state index contributed by atoms with van der Waals surface area (Å²) >= 11 is 0. The number of carbonyl (C=O) groups is 1. The fourth-order valence-electron chi connectivity index (χ4n) is 2.53. The monoisotopic (exact) mass is 253 g/mol. The first-order valence-corrected chi connectivity index (χ1v) is 6.32. The van der Waals surface area contributed by atoms with Crippen LogP contribution in [0, 0.1) is 0 Å².